The van der Waals surface area contributed by atoms with Crippen molar-refractivity contribution in [2.75, 3.05) is 7.11 Å². The van der Waals surface area contributed by atoms with Crippen molar-refractivity contribution in [1.29, 1.82) is 0 Å². The van der Waals surface area contributed by atoms with Crippen LogP contribution >= 0.6 is 15.9 Å². The molecule has 106 valence electrons. The highest BCUT2D eigenvalue weighted by Gasteiger charge is 2.31. The van der Waals surface area contributed by atoms with E-state index in [2.05, 4.69) is 30.4 Å². The first kappa shape index (κ1) is 14.6. The molecule has 0 aliphatic carbocycles. The third-order valence-corrected chi connectivity index (χ3v) is 3.27. The summed E-state index contributed by atoms with van der Waals surface area (Å²) < 4.78 is 45.2. The summed E-state index contributed by atoms with van der Waals surface area (Å²) in [5.74, 6) is -1.04. The summed E-state index contributed by atoms with van der Waals surface area (Å²) in [7, 11) is 1.20. The normalized spacial score (nSPS) is 11.4. The van der Waals surface area contributed by atoms with Gasteiger partial charge in [-0.25, -0.2) is 4.79 Å². The highest BCUT2D eigenvalue weighted by Crippen LogP contribution is 2.31. The third kappa shape index (κ3) is 3.01. The van der Waals surface area contributed by atoms with Crippen molar-refractivity contribution in [3.63, 3.8) is 0 Å². The first-order valence-electron chi connectivity index (χ1n) is 5.24. The Morgan fingerprint density at radius 2 is 2.05 bits per heavy atom. The zero-order valence-corrected chi connectivity index (χ0v) is 11.6. The Hall–Kier alpha value is -1.83. The maximum atomic E-state index is 12.2. The molecule has 1 aromatic carbocycles. The fourth-order valence-corrected chi connectivity index (χ4v) is 2.17. The largest absolute Gasteiger partial charge is 0.573 e. The summed E-state index contributed by atoms with van der Waals surface area (Å²) in [4.78, 5) is 15.5. The van der Waals surface area contributed by atoms with E-state index in [0.29, 0.717) is 15.4 Å². The number of aromatic nitrogens is 1. The highest BCUT2D eigenvalue weighted by atomic mass is 79.9. The number of nitrogens with zero attached hydrogens (tertiary/aromatic N) is 1. The average molecular weight is 350 g/mol. The van der Waals surface area contributed by atoms with Gasteiger partial charge in [0, 0.05) is 16.1 Å². The monoisotopic (exact) mass is 349 g/mol. The molecule has 0 aliphatic heterocycles. The Morgan fingerprint density at radius 1 is 1.35 bits per heavy atom. The van der Waals surface area contributed by atoms with Crippen LogP contribution in [0.2, 0.25) is 0 Å². The summed E-state index contributed by atoms with van der Waals surface area (Å²) >= 11 is 3.16. The Kier molecular flexibility index (Phi) is 3.85. The van der Waals surface area contributed by atoms with Crippen molar-refractivity contribution in [1.82, 2.24) is 4.98 Å². The summed E-state index contributed by atoms with van der Waals surface area (Å²) in [6, 6.07) is 3.65. The molecule has 0 atom stereocenters. The number of benzene rings is 1. The zero-order chi connectivity index (χ0) is 14.9. The van der Waals surface area contributed by atoms with E-state index in [-0.39, 0.29) is 5.56 Å². The maximum Gasteiger partial charge on any atom is 0.573 e. The van der Waals surface area contributed by atoms with Crippen LogP contribution in [0.4, 0.5) is 13.2 Å². The van der Waals surface area contributed by atoms with Gasteiger partial charge in [0.1, 0.15) is 5.75 Å². The van der Waals surface area contributed by atoms with Gasteiger partial charge < -0.3 is 9.47 Å². The number of carbonyl (C=O) groups is 1. The first-order chi connectivity index (χ1) is 9.31. The minimum Gasteiger partial charge on any atom is -0.465 e. The molecule has 4 nitrogen and oxygen atoms in total. The van der Waals surface area contributed by atoms with E-state index in [4.69, 9.17) is 0 Å². The van der Waals surface area contributed by atoms with Crippen molar-refractivity contribution in [3.8, 4) is 5.75 Å². The molecule has 1 aromatic heterocycles. The number of ether oxygens (including phenoxy) is 2. The van der Waals surface area contributed by atoms with Crippen LogP contribution in [0.15, 0.2) is 28.9 Å². The molecule has 0 aliphatic rings. The van der Waals surface area contributed by atoms with Crippen LogP contribution in [0.25, 0.3) is 10.9 Å². The van der Waals surface area contributed by atoms with E-state index in [1.165, 1.54) is 19.4 Å². The number of rotatable bonds is 2. The van der Waals surface area contributed by atoms with E-state index in [1.807, 2.05) is 0 Å². The lowest BCUT2D eigenvalue weighted by atomic mass is 10.1. The molecule has 0 spiro atoms. The number of halogens is 4. The second-order valence-electron chi connectivity index (χ2n) is 3.70. The maximum absolute atomic E-state index is 12.2. The Bertz CT molecular complexity index is 673. The number of fused-ring (bicyclic) bond motifs is 1. The van der Waals surface area contributed by atoms with Gasteiger partial charge in [-0.1, -0.05) is 0 Å². The SMILES string of the molecule is COC(=O)c1cnc2ccc(OC(F)(F)F)cc2c1Br. The van der Waals surface area contributed by atoms with Crippen LogP contribution in [-0.4, -0.2) is 24.4 Å². The number of methoxy groups -OCH3 is 1. The summed E-state index contributed by atoms with van der Waals surface area (Å²) in [5.41, 5.74) is 0.531. The quantitative estimate of drug-likeness (QED) is 0.776. The van der Waals surface area contributed by atoms with Gasteiger partial charge in [-0.15, -0.1) is 13.2 Å². The fraction of sp³-hybridized carbons (Fsp3) is 0.167. The van der Waals surface area contributed by atoms with Gasteiger partial charge in [-0.2, -0.15) is 0 Å². The number of carbonyl (C=O) groups excluding carboxylic acids is 1. The lowest BCUT2D eigenvalue weighted by Crippen LogP contribution is -2.17. The van der Waals surface area contributed by atoms with Crippen molar-refractivity contribution in [2.24, 2.45) is 0 Å². The predicted molar refractivity (Wildman–Crippen MR) is 67.5 cm³/mol. The van der Waals surface area contributed by atoms with Crippen LogP contribution in [0.1, 0.15) is 10.4 Å². The van der Waals surface area contributed by atoms with E-state index < -0.39 is 18.1 Å². The van der Waals surface area contributed by atoms with E-state index >= 15 is 0 Å². The van der Waals surface area contributed by atoms with Gasteiger partial charge in [0.05, 0.1) is 18.2 Å². The first-order valence-corrected chi connectivity index (χ1v) is 6.03. The number of hydrogen-bond acceptors (Lipinski definition) is 4. The summed E-state index contributed by atoms with van der Waals surface area (Å²) in [5, 5.41) is 0.314. The Labute approximate surface area is 119 Å². The number of hydrogen-bond donors (Lipinski definition) is 0. The molecule has 20 heavy (non-hydrogen) atoms. The molecule has 0 saturated carbocycles. The second kappa shape index (κ2) is 5.28. The molecular formula is C12H7BrF3NO3. The minimum absolute atomic E-state index is 0.115. The van der Waals surface area contributed by atoms with Gasteiger partial charge in [0.15, 0.2) is 0 Å². The van der Waals surface area contributed by atoms with Gasteiger partial charge in [0.25, 0.3) is 0 Å². The molecule has 0 unspecified atom stereocenters. The smallest absolute Gasteiger partial charge is 0.465 e. The lowest BCUT2D eigenvalue weighted by Gasteiger charge is -2.10. The molecule has 1 heterocycles. The molecule has 0 bridgehead atoms. The van der Waals surface area contributed by atoms with E-state index in [1.54, 1.807) is 0 Å². The average Bonchev–Trinajstić information content (AvgIpc) is 2.37. The summed E-state index contributed by atoms with van der Waals surface area (Å²) in [6.45, 7) is 0. The lowest BCUT2D eigenvalue weighted by molar-refractivity contribution is -0.274. The standard InChI is InChI=1S/C12H7BrF3NO3/c1-19-11(18)8-5-17-9-3-2-6(20-12(14,15)16)4-7(9)10(8)13/h2-5H,1H3. The molecule has 0 N–H and O–H groups in total. The van der Waals surface area contributed by atoms with Crippen LogP contribution in [0.5, 0.6) is 5.75 Å². The number of alkyl halides is 3. The molecular weight excluding hydrogens is 343 g/mol. The van der Waals surface area contributed by atoms with E-state index in [9.17, 15) is 18.0 Å². The van der Waals surface area contributed by atoms with Crippen LogP contribution < -0.4 is 4.74 Å². The number of pyridine rings is 1. The molecule has 0 saturated heterocycles. The Morgan fingerprint density at radius 3 is 2.65 bits per heavy atom. The number of esters is 1. The van der Waals surface area contributed by atoms with E-state index in [0.717, 1.165) is 12.1 Å². The third-order valence-electron chi connectivity index (χ3n) is 2.41. The van der Waals surface area contributed by atoms with Crippen LogP contribution in [-0.2, 0) is 4.74 Å². The minimum atomic E-state index is -4.78. The predicted octanol–water partition coefficient (Wildman–Crippen LogP) is 3.68. The molecule has 2 rings (SSSR count). The van der Waals surface area contributed by atoms with Gasteiger partial charge in [0.2, 0.25) is 0 Å². The fourth-order valence-electron chi connectivity index (χ4n) is 1.59. The topological polar surface area (TPSA) is 48.4 Å². The molecule has 2 aromatic rings. The van der Waals surface area contributed by atoms with Gasteiger partial charge >= 0.3 is 12.3 Å². The zero-order valence-electron chi connectivity index (χ0n) is 9.99. The Balaban J connectivity index is 2.54. The molecule has 0 amide bonds. The molecule has 0 radical (unpaired) electrons. The van der Waals surface area contributed by atoms with Crippen LogP contribution in [0, 0.1) is 0 Å². The van der Waals surface area contributed by atoms with Crippen LogP contribution in [0.3, 0.4) is 0 Å². The van der Waals surface area contributed by atoms with Crippen molar-refractivity contribution >= 4 is 32.8 Å². The molecule has 8 heteroatoms. The van der Waals surface area contributed by atoms with Crippen molar-refractivity contribution in [3.05, 3.63) is 34.4 Å². The van der Waals surface area contributed by atoms with Crippen molar-refractivity contribution < 1.29 is 27.4 Å². The van der Waals surface area contributed by atoms with Gasteiger partial charge in [-0.05, 0) is 34.1 Å². The summed E-state index contributed by atoms with van der Waals surface area (Å²) in [6.07, 6.45) is -3.50. The highest BCUT2D eigenvalue weighted by molar-refractivity contribution is 9.10. The van der Waals surface area contributed by atoms with Gasteiger partial charge in [-0.3, -0.25) is 4.98 Å². The molecule has 0 fully saturated rings. The second-order valence-corrected chi connectivity index (χ2v) is 4.50. The van der Waals surface area contributed by atoms with Crippen molar-refractivity contribution in [2.45, 2.75) is 6.36 Å².